The highest BCUT2D eigenvalue weighted by Gasteiger charge is 2.34. The van der Waals surface area contributed by atoms with Crippen LogP contribution in [0.25, 0.3) is 0 Å². The number of hydrogen-bond donors (Lipinski definition) is 2. The Morgan fingerprint density at radius 2 is 1.74 bits per heavy atom. The number of nitrogens with one attached hydrogen (secondary N) is 2. The van der Waals surface area contributed by atoms with E-state index >= 15 is 0 Å². The molecular formula is C24H39N3O4. The Balaban J connectivity index is 3.19. The normalized spacial score (nSPS) is 13.1. The van der Waals surface area contributed by atoms with Crippen LogP contribution in [0.2, 0.25) is 0 Å². The number of aryl methyl sites for hydroxylation is 1. The third-order valence-corrected chi connectivity index (χ3v) is 4.72. The van der Waals surface area contributed by atoms with Gasteiger partial charge in [-0.25, -0.2) is 4.79 Å². The summed E-state index contributed by atoms with van der Waals surface area (Å²) in [4.78, 5) is 40.3. The molecule has 1 rings (SSSR count). The third-order valence-electron chi connectivity index (χ3n) is 4.72. The first-order chi connectivity index (χ1) is 14.5. The lowest BCUT2D eigenvalue weighted by molar-refractivity contribution is -0.142. The van der Waals surface area contributed by atoms with Crippen molar-refractivity contribution in [1.29, 1.82) is 0 Å². The molecule has 0 spiro atoms. The van der Waals surface area contributed by atoms with Gasteiger partial charge in [0.1, 0.15) is 17.7 Å². The topological polar surface area (TPSA) is 87.7 Å². The predicted octanol–water partition coefficient (Wildman–Crippen LogP) is 4.10. The van der Waals surface area contributed by atoms with E-state index in [0.717, 1.165) is 24.0 Å². The Labute approximate surface area is 186 Å². The number of alkyl carbamates (subject to hydrolysis) is 1. The molecule has 0 fully saturated rings. The lowest BCUT2D eigenvalue weighted by Crippen LogP contribution is -2.52. The summed E-state index contributed by atoms with van der Waals surface area (Å²) in [6.07, 6.45) is 1.84. The Bertz CT molecular complexity index is 743. The average Bonchev–Trinajstić information content (AvgIpc) is 2.67. The first kappa shape index (κ1) is 26.5. The summed E-state index contributed by atoms with van der Waals surface area (Å²) in [6, 6.07) is 5.97. The van der Waals surface area contributed by atoms with Gasteiger partial charge in [0.2, 0.25) is 11.8 Å². The van der Waals surface area contributed by atoms with Gasteiger partial charge in [0.05, 0.1) is 0 Å². The molecule has 31 heavy (non-hydrogen) atoms. The number of carbonyl (C=O) groups is 3. The van der Waals surface area contributed by atoms with E-state index in [9.17, 15) is 14.4 Å². The number of rotatable bonds is 10. The number of nitrogens with zero attached hydrogens (tertiary/aromatic N) is 1. The van der Waals surface area contributed by atoms with Gasteiger partial charge in [0, 0.05) is 13.1 Å². The van der Waals surface area contributed by atoms with Crippen molar-refractivity contribution in [2.75, 3.05) is 13.1 Å². The molecule has 1 aromatic carbocycles. The summed E-state index contributed by atoms with van der Waals surface area (Å²) in [5.74, 6) is -0.541. The standard InChI is InChI=1S/C24H39N3O4/c1-8-10-15-25-21(28)20(19-14-12-11-13-17(19)3)27(16-9-2)22(29)18(4)26-23(30)31-24(5,6)7/h11-14,18,20H,8-10,15-16H2,1-7H3,(H,25,28)(H,26,30). The molecule has 2 N–H and O–H groups in total. The molecule has 0 bridgehead atoms. The first-order valence-electron chi connectivity index (χ1n) is 11.1. The average molecular weight is 434 g/mol. The van der Waals surface area contributed by atoms with Crippen LogP contribution >= 0.6 is 0 Å². The molecule has 174 valence electrons. The minimum Gasteiger partial charge on any atom is -0.444 e. The molecule has 7 heteroatoms. The molecule has 1 aromatic rings. The van der Waals surface area contributed by atoms with Gasteiger partial charge in [-0.05, 0) is 58.6 Å². The second-order valence-electron chi connectivity index (χ2n) is 8.80. The zero-order chi connectivity index (χ0) is 23.6. The molecule has 2 unspecified atom stereocenters. The van der Waals surface area contributed by atoms with Crippen LogP contribution in [0.3, 0.4) is 0 Å². The maximum atomic E-state index is 13.4. The molecule has 0 saturated carbocycles. The van der Waals surface area contributed by atoms with Crippen LogP contribution in [0.15, 0.2) is 24.3 Å². The van der Waals surface area contributed by atoms with Crippen molar-refractivity contribution >= 4 is 17.9 Å². The van der Waals surface area contributed by atoms with Crippen LogP contribution < -0.4 is 10.6 Å². The highest BCUT2D eigenvalue weighted by atomic mass is 16.6. The molecule has 0 aliphatic rings. The smallest absolute Gasteiger partial charge is 0.408 e. The number of carbonyl (C=O) groups excluding carboxylic acids is 3. The van der Waals surface area contributed by atoms with Gasteiger partial charge < -0.3 is 20.3 Å². The van der Waals surface area contributed by atoms with E-state index in [1.165, 1.54) is 0 Å². The maximum Gasteiger partial charge on any atom is 0.408 e. The molecule has 0 aliphatic carbocycles. The summed E-state index contributed by atoms with van der Waals surface area (Å²) < 4.78 is 5.28. The van der Waals surface area contributed by atoms with Gasteiger partial charge in [-0.2, -0.15) is 0 Å². The fourth-order valence-corrected chi connectivity index (χ4v) is 3.23. The van der Waals surface area contributed by atoms with E-state index in [4.69, 9.17) is 4.74 Å². The van der Waals surface area contributed by atoms with Crippen LogP contribution in [-0.4, -0.2) is 47.5 Å². The van der Waals surface area contributed by atoms with Crippen molar-refractivity contribution in [3.8, 4) is 0 Å². The van der Waals surface area contributed by atoms with E-state index in [-0.39, 0.29) is 11.8 Å². The first-order valence-corrected chi connectivity index (χ1v) is 11.1. The molecule has 0 saturated heterocycles. The SMILES string of the molecule is CCCCNC(=O)C(c1ccccc1C)N(CCC)C(=O)C(C)NC(=O)OC(C)(C)C. The fourth-order valence-electron chi connectivity index (χ4n) is 3.23. The van der Waals surface area contributed by atoms with E-state index in [0.29, 0.717) is 19.5 Å². The highest BCUT2D eigenvalue weighted by Crippen LogP contribution is 2.25. The van der Waals surface area contributed by atoms with Crippen LogP contribution in [0.5, 0.6) is 0 Å². The van der Waals surface area contributed by atoms with Gasteiger partial charge in [0.25, 0.3) is 0 Å². The molecule has 7 nitrogen and oxygen atoms in total. The number of amides is 3. The van der Waals surface area contributed by atoms with Gasteiger partial charge >= 0.3 is 6.09 Å². The molecule has 2 atom stereocenters. The number of unbranched alkanes of at least 4 members (excludes halogenated alkanes) is 1. The maximum absolute atomic E-state index is 13.4. The van der Waals surface area contributed by atoms with Crippen LogP contribution in [0, 0.1) is 6.92 Å². The fraction of sp³-hybridized carbons (Fsp3) is 0.625. The third kappa shape index (κ3) is 8.59. The Morgan fingerprint density at radius 1 is 1.10 bits per heavy atom. The lowest BCUT2D eigenvalue weighted by atomic mass is 9.98. The van der Waals surface area contributed by atoms with Crippen LogP contribution in [0.1, 0.15) is 78.0 Å². The number of hydrogen-bond acceptors (Lipinski definition) is 4. The van der Waals surface area contributed by atoms with Crippen LogP contribution in [0.4, 0.5) is 4.79 Å². The summed E-state index contributed by atoms with van der Waals surface area (Å²) in [5.41, 5.74) is 1.04. The van der Waals surface area contributed by atoms with Crippen molar-refractivity contribution in [2.24, 2.45) is 0 Å². The molecule has 0 aliphatic heterocycles. The van der Waals surface area contributed by atoms with E-state index in [2.05, 4.69) is 17.6 Å². The van der Waals surface area contributed by atoms with Gasteiger partial charge in [-0.3, -0.25) is 9.59 Å². The number of ether oxygens (including phenoxy) is 1. The molecular weight excluding hydrogens is 394 g/mol. The largest absolute Gasteiger partial charge is 0.444 e. The van der Waals surface area contributed by atoms with Crippen molar-refractivity contribution < 1.29 is 19.1 Å². The van der Waals surface area contributed by atoms with Crippen molar-refractivity contribution in [1.82, 2.24) is 15.5 Å². The molecule has 0 radical (unpaired) electrons. The second-order valence-corrected chi connectivity index (χ2v) is 8.80. The van der Waals surface area contributed by atoms with Gasteiger partial charge in [0.15, 0.2) is 0 Å². The van der Waals surface area contributed by atoms with E-state index in [1.54, 1.807) is 32.6 Å². The highest BCUT2D eigenvalue weighted by molar-refractivity contribution is 5.92. The number of benzene rings is 1. The van der Waals surface area contributed by atoms with Gasteiger partial charge in [-0.1, -0.05) is 44.5 Å². The Morgan fingerprint density at radius 3 is 2.29 bits per heavy atom. The minimum atomic E-state index is -0.837. The van der Waals surface area contributed by atoms with Crippen LogP contribution in [-0.2, 0) is 14.3 Å². The van der Waals surface area contributed by atoms with E-state index in [1.807, 2.05) is 38.1 Å². The quantitative estimate of drug-likeness (QED) is 0.544. The summed E-state index contributed by atoms with van der Waals surface area (Å²) >= 11 is 0. The zero-order valence-electron chi connectivity index (χ0n) is 20.1. The lowest BCUT2D eigenvalue weighted by Gasteiger charge is -2.34. The van der Waals surface area contributed by atoms with Crippen molar-refractivity contribution in [2.45, 2.75) is 85.4 Å². The minimum absolute atomic E-state index is 0.214. The second kappa shape index (κ2) is 12.3. The predicted molar refractivity (Wildman–Crippen MR) is 123 cm³/mol. The summed E-state index contributed by atoms with van der Waals surface area (Å²) in [6.45, 7) is 13.8. The Kier molecular flexibility index (Phi) is 10.5. The Hall–Kier alpha value is -2.57. The molecule has 0 aromatic heterocycles. The van der Waals surface area contributed by atoms with Crippen molar-refractivity contribution in [3.05, 3.63) is 35.4 Å². The van der Waals surface area contributed by atoms with Gasteiger partial charge in [-0.15, -0.1) is 0 Å². The molecule has 0 heterocycles. The zero-order valence-corrected chi connectivity index (χ0v) is 20.1. The van der Waals surface area contributed by atoms with E-state index < -0.39 is 23.8 Å². The van der Waals surface area contributed by atoms with Crippen molar-refractivity contribution in [3.63, 3.8) is 0 Å². The molecule has 3 amide bonds. The summed E-state index contributed by atoms with van der Waals surface area (Å²) in [7, 11) is 0. The monoisotopic (exact) mass is 433 g/mol. The summed E-state index contributed by atoms with van der Waals surface area (Å²) in [5, 5.41) is 5.57.